The van der Waals surface area contributed by atoms with Crippen molar-refractivity contribution >= 4 is 5.57 Å². The molecule has 0 amide bonds. The Morgan fingerprint density at radius 1 is 0.793 bits per heavy atom. The molecule has 0 spiro atoms. The lowest BCUT2D eigenvalue weighted by Gasteiger charge is -2.39. The molecule has 146 valence electrons. The van der Waals surface area contributed by atoms with Crippen LogP contribution in [0, 0.1) is 27.7 Å². The van der Waals surface area contributed by atoms with Crippen molar-refractivity contribution in [1.29, 1.82) is 0 Å². The van der Waals surface area contributed by atoms with E-state index in [0.717, 1.165) is 5.69 Å². The number of nitrogens with zero attached hydrogens (tertiary/aromatic N) is 1. The molecule has 1 heteroatoms. The minimum Gasteiger partial charge on any atom is -0.258 e. The highest BCUT2D eigenvalue weighted by Crippen LogP contribution is 2.59. The first-order valence-corrected chi connectivity index (χ1v) is 10.9. The van der Waals surface area contributed by atoms with Gasteiger partial charge in [0.25, 0.3) is 0 Å². The second-order valence-corrected chi connectivity index (χ2v) is 8.97. The van der Waals surface area contributed by atoms with Crippen LogP contribution in [0.15, 0.2) is 60.2 Å². The molecule has 2 aromatic carbocycles. The smallest absolute Gasteiger partial charge is 0.0444 e. The number of fused-ring (bicyclic) bond motifs is 3. The monoisotopic (exact) mass is 379 g/mol. The SMILES string of the molecule is Cc1ccc(C2=C3CCCC[C@@]3(c3ccc(C)cc3)c3c2cc(C)nc3C)cc1. The summed E-state index contributed by atoms with van der Waals surface area (Å²) in [5.74, 6) is 0. The van der Waals surface area contributed by atoms with Crippen molar-refractivity contribution in [3.8, 4) is 0 Å². The molecule has 0 saturated heterocycles. The molecule has 29 heavy (non-hydrogen) atoms. The van der Waals surface area contributed by atoms with Crippen LogP contribution in [0.4, 0.5) is 0 Å². The van der Waals surface area contributed by atoms with Gasteiger partial charge in [0, 0.05) is 16.8 Å². The van der Waals surface area contributed by atoms with E-state index in [4.69, 9.17) is 4.98 Å². The van der Waals surface area contributed by atoms with E-state index in [1.807, 2.05) is 0 Å². The average Bonchev–Trinajstić information content (AvgIpc) is 3.00. The van der Waals surface area contributed by atoms with Crippen molar-refractivity contribution < 1.29 is 0 Å². The van der Waals surface area contributed by atoms with Crippen molar-refractivity contribution in [3.63, 3.8) is 0 Å². The van der Waals surface area contributed by atoms with Crippen LogP contribution in [0.3, 0.4) is 0 Å². The summed E-state index contributed by atoms with van der Waals surface area (Å²) in [4.78, 5) is 4.94. The van der Waals surface area contributed by atoms with Gasteiger partial charge in [-0.1, -0.05) is 66.1 Å². The van der Waals surface area contributed by atoms with E-state index >= 15 is 0 Å². The number of hydrogen-bond acceptors (Lipinski definition) is 1. The predicted molar refractivity (Wildman–Crippen MR) is 121 cm³/mol. The number of aromatic nitrogens is 1. The van der Waals surface area contributed by atoms with E-state index in [1.54, 1.807) is 5.57 Å². The van der Waals surface area contributed by atoms with Crippen LogP contribution in [0.1, 0.15) is 70.5 Å². The Hall–Kier alpha value is -2.67. The lowest BCUT2D eigenvalue weighted by atomic mass is 9.64. The van der Waals surface area contributed by atoms with E-state index in [2.05, 4.69) is 82.3 Å². The van der Waals surface area contributed by atoms with Crippen LogP contribution in [-0.2, 0) is 5.41 Å². The standard InChI is InChI=1S/C28H29N/c1-18-8-12-22(13-9-18)26-24-17-20(3)29-21(4)27(24)28(16-6-5-7-25(26)28)23-14-10-19(2)11-15-23/h8-15,17H,5-7,16H2,1-4H3/t28-/m0/s1. The molecule has 2 aliphatic carbocycles. The summed E-state index contributed by atoms with van der Waals surface area (Å²) in [5, 5.41) is 0. The van der Waals surface area contributed by atoms with E-state index in [0.29, 0.717) is 0 Å². The molecule has 2 aliphatic rings. The molecule has 1 saturated carbocycles. The Bertz CT molecular complexity index is 1120. The molecule has 0 bridgehead atoms. The third kappa shape index (κ3) is 2.71. The molecule has 1 nitrogen and oxygen atoms in total. The van der Waals surface area contributed by atoms with Gasteiger partial charge < -0.3 is 0 Å². The highest BCUT2D eigenvalue weighted by Gasteiger charge is 2.48. The highest BCUT2D eigenvalue weighted by molar-refractivity contribution is 5.92. The molecule has 1 atom stereocenters. The van der Waals surface area contributed by atoms with E-state index < -0.39 is 0 Å². The third-order valence-electron chi connectivity index (χ3n) is 6.95. The van der Waals surface area contributed by atoms with Crippen LogP contribution in [0.5, 0.6) is 0 Å². The Balaban J connectivity index is 1.88. The molecule has 1 fully saturated rings. The zero-order valence-electron chi connectivity index (χ0n) is 18.0. The molecular formula is C28H29N. The summed E-state index contributed by atoms with van der Waals surface area (Å²) in [7, 11) is 0. The largest absolute Gasteiger partial charge is 0.258 e. The maximum Gasteiger partial charge on any atom is 0.0444 e. The van der Waals surface area contributed by atoms with Gasteiger partial charge in [0.2, 0.25) is 0 Å². The fraction of sp³-hybridized carbons (Fsp3) is 0.321. The fourth-order valence-electron chi connectivity index (χ4n) is 5.75. The highest BCUT2D eigenvalue weighted by atomic mass is 14.7. The van der Waals surface area contributed by atoms with Crippen LogP contribution >= 0.6 is 0 Å². The van der Waals surface area contributed by atoms with Gasteiger partial charge in [0.15, 0.2) is 0 Å². The maximum atomic E-state index is 4.94. The van der Waals surface area contributed by atoms with Gasteiger partial charge in [0.1, 0.15) is 0 Å². The fourth-order valence-corrected chi connectivity index (χ4v) is 5.75. The molecular weight excluding hydrogens is 350 g/mol. The van der Waals surface area contributed by atoms with Crippen molar-refractivity contribution in [2.45, 2.75) is 58.8 Å². The van der Waals surface area contributed by atoms with Crippen molar-refractivity contribution in [1.82, 2.24) is 4.98 Å². The number of rotatable bonds is 2. The molecule has 1 heterocycles. The van der Waals surface area contributed by atoms with Gasteiger partial charge in [-0.25, -0.2) is 0 Å². The van der Waals surface area contributed by atoms with Crippen molar-refractivity contribution in [2.75, 3.05) is 0 Å². The van der Waals surface area contributed by atoms with Crippen LogP contribution in [0.2, 0.25) is 0 Å². The van der Waals surface area contributed by atoms with Crippen LogP contribution in [0.25, 0.3) is 5.57 Å². The zero-order valence-corrected chi connectivity index (χ0v) is 18.0. The second kappa shape index (κ2) is 6.69. The number of allylic oxidation sites excluding steroid dienone is 1. The van der Waals surface area contributed by atoms with Crippen LogP contribution in [-0.4, -0.2) is 4.98 Å². The summed E-state index contributed by atoms with van der Waals surface area (Å²) in [6, 6.07) is 20.7. The summed E-state index contributed by atoms with van der Waals surface area (Å²) in [6.45, 7) is 8.69. The number of aryl methyl sites for hydroxylation is 4. The van der Waals surface area contributed by atoms with E-state index in [9.17, 15) is 0 Å². The molecule has 5 rings (SSSR count). The second-order valence-electron chi connectivity index (χ2n) is 8.97. The zero-order chi connectivity index (χ0) is 20.2. The molecule has 1 aromatic heterocycles. The molecule has 0 radical (unpaired) electrons. The third-order valence-corrected chi connectivity index (χ3v) is 6.95. The van der Waals surface area contributed by atoms with Gasteiger partial charge in [-0.05, 0) is 86.4 Å². The number of pyridine rings is 1. The molecule has 0 N–H and O–H groups in total. The lowest BCUT2D eigenvalue weighted by Crippen LogP contribution is -2.32. The van der Waals surface area contributed by atoms with Gasteiger partial charge >= 0.3 is 0 Å². The average molecular weight is 380 g/mol. The number of hydrogen-bond donors (Lipinski definition) is 0. The number of benzene rings is 2. The topological polar surface area (TPSA) is 12.9 Å². The Morgan fingerprint density at radius 3 is 2.14 bits per heavy atom. The van der Waals surface area contributed by atoms with Gasteiger partial charge in [-0.15, -0.1) is 0 Å². The first-order chi connectivity index (χ1) is 14.0. The normalized spacial score (nSPS) is 20.6. The minimum atomic E-state index is -0.0215. The summed E-state index contributed by atoms with van der Waals surface area (Å²) < 4.78 is 0. The first-order valence-electron chi connectivity index (χ1n) is 10.9. The Kier molecular flexibility index (Phi) is 4.24. The Labute approximate surface area is 174 Å². The van der Waals surface area contributed by atoms with Gasteiger partial charge in [-0.2, -0.15) is 0 Å². The van der Waals surface area contributed by atoms with Crippen molar-refractivity contribution in [2.24, 2.45) is 0 Å². The quantitative estimate of drug-likeness (QED) is 0.467. The lowest BCUT2D eigenvalue weighted by molar-refractivity contribution is 0.448. The van der Waals surface area contributed by atoms with Gasteiger partial charge in [0.05, 0.1) is 0 Å². The van der Waals surface area contributed by atoms with E-state index in [1.165, 1.54) is 70.3 Å². The summed E-state index contributed by atoms with van der Waals surface area (Å²) in [5.41, 5.74) is 13.7. The minimum absolute atomic E-state index is 0.0215. The molecule has 3 aromatic rings. The van der Waals surface area contributed by atoms with Crippen LogP contribution < -0.4 is 0 Å². The summed E-state index contributed by atoms with van der Waals surface area (Å²) >= 11 is 0. The van der Waals surface area contributed by atoms with E-state index in [-0.39, 0.29) is 5.41 Å². The first kappa shape index (κ1) is 18.4. The maximum absolute atomic E-state index is 4.94. The Morgan fingerprint density at radius 2 is 1.45 bits per heavy atom. The van der Waals surface area contributed by atoms with Gasteiger partial charge in [-0.3, -0.25) is 4.98 Å². The molecule has 0 aliphatic heterocycles. The van der Waals surface area contributed by atoms with Crippen molar-refractivity contribution in [3.05, 3.63) is 105 Å². The predicted octanol–water partition coefficient (Wildman–Crippen LogP) is 6.99. The molecule has 0 unspecified atom stereocenters. The summed E-state index contributed by atoms with van der Waals surface area (Å²) in [6.07, 6.45) is 4.90.